The van der Waals surface area contributed by atoms with Gasteiger partial charge >= 0.3 is 0 Å². The summed E-state index contributed by atoms with van der Waals surface area (Å²) in [6.07, 6.45) is 0. The number of anilines is 2. The van der Waals surface area contributed by atoms with Gasteiger partial charge in [0.25, 0.3) is 0 Å². The Morgan fingerprint density at radius 3 is 2.36 bits per heavy atom. The van der Waals surface area contributed by atoms with E-state index in [1.807, 2.05) is 6.07 Å². The van der Waals surface area contributed by atoms with E-state index >= 15 is 0 Å². The lowest BCUT2D eigenvalue weighted by molar-refractivity contribution is 0.826. The number of hydrogen-bond acceptors (Lipinski definition) is 3. The lowest BCUT2D eigenvalue weighted by Crippen LogP contribution is -1.99. The minimum absolute atomic E-state index is 0.376. The highest BCUT2D eigenvalue weighted by Gasteiger charge is 2.01. The van der Waals surface area contributed by atoms with Gasteiger partial charge in [0.2, 0.25) is 0 Å². The number of nitrogens with two attached hydrogens (primary N) is 2. The Labute approximate surface area is 66.4 Å². The molecule has 0 fully saturated rings. The van der Waals surface area contributed by atoms with E-state index in [1.54, 1.807) is 6.07 Å². The molecular weight excluding hydrogens is 138 g/mol. The third-order valence-corrected chi connectivity index (χ3v) is 1.48. The second kappa shape index (κ2) is 2.78. The zero-order valence-corrected chi connectivity index (χ0v) is 6.83. The number of hydrogen-bond donors (Lipinski definition) is 2. The van der Waals surface area contributed by atoms with Gasteiger partial charge in [-0.25, -0.2) is 4.98 Å². The van der Waals surface area contributed by atoms with Crippen molar-refractivity contribution in [2.75, 3.05) is 11.5 Å². The molecule has 60 valence electrons. The molecule has 0 saturated heterocycles. The van der Waals surface area contributed by atoms with Crippen molar-refractivity contribution in [3.05, 3.63) is 17.8 Å². The van der Waals surface area contributed by atoms with Crippen LogP contribution < -0.4 is 11.5 Å². The maximum Gasteiger partial charge on any atom is 0.125 e. The van der Waals surface area contributed by atoms with E-state index < -0.39 is 0 Å². The fraction of sp³-hybridized carbons (Fsp3) is 0.375. The predicted octanol–water partition coefficient (Wildman–Crippen LogP) is 1.37. The van der Waals surface area contributed by atoms with Crippen LogP contribution >= 0.6 is 0 Å². The standard InChI is InChI=1S/C8H13N3/c1-5(2)7-3-6(9)4-8(10)11-7/h3-5H,1-2H3,(H4,9,10,11). The van der Waals surface area contributed by atoms with Crippen LogP contribution in [0.1, 0.15) is 25.5 Å². The highest BCUT2D eigenvalue weighted by molar-refractivity contribution is 5.48. The van der Waals surface area contributed by atoms with Crippen molar-refractivity contribution >= 4 is 11.5 Å². The van der Waals surface area contributed by atoms with Gasteiger partial charge in [0, 0.05) is 17.4 Å². The number of rotatable bonds is 1. The first-order chi connectivity index (χ1) is 5.09. The molecule has 0 aromatic carbocycles. The smallest absolute Gasteiger partial charge is 0.125 e. The molecule has 0 radical (unpaired) electrons. The van der Waals surface area contributed by atoms with E-state index in [0.717, 1.165) is 5.69 Å². The molecule has 0 bridgehead atoms. The molecule has 0 unspecified atom stereocenters. The molecule has 0 saturated carbocycles. The molecule has 0 aliphatic rings. The molecular formula is C8H13N3. The highest BCUT2D eigenvalue weighted by atomic mass is 14.8. The van der Waals surface area contributed by atoms with Gasteiger partial charge in [-0.15, -0.1) is 0 Å². The normalized spacial score (nSPS) is 10.5. The van der Waals surface area contributed by atoms with Gasteiger partial charge in [-0.05, 0) is 12.0 Å². The van der Waals surface area contributed by atoms with E-state index in [0.29, 0.717) is 17.4 Å². The molecule has 3 heteroatoms. The highest BCUT2D eigenvalue weighted by Crippen LogP contribution is 2.16. The summed E-state index contributed by atoms with van der Waals surface area (Å²) in [7, 11) is 0. The largest absolute Gasteiger partial charge is 0.399 e. The maximum absolute atomic E-state index is 5.58. The van der Waals surface area contributed by atoms with Gasteiger partial charge in [0.1, 0.15) is 5.82 Å². The molecule has 0 amide bonds. The summed E-state index contributed by atoms with van der Waals surface area (Å²) in [5.41, 5.74) is 12.7. The van der Waals surface area contributed by atoms with Crippen LogP contribution in [0.3, 0.4) is 0 Å². The Morgan fingerprint density at radius 1 is 1.27 bits per heavy atom. The van der Waals surface area contributed by atoms with Crippen molar-refractivity contribution < 1.29 is 0 Å². The zero-order chi connectivity index (χ0) is 8.43. The predicted molar refractivity (Wildman–Crippen MR) is 47.2 cm³/mol. The fourth-order valence-corrected chi connectivity index (χ4v) is 0.893. The molecule has 0 aliphatic heterocycles. The van der Waals surface area contributed by atoms with Crippen molar-refractivity contribution in [2.24, 2.45) is 0 Å². The van der Waals surface area contributed by atoms with Crippen LogP contribution in [0.15, 0.2) is 12.1 Å². The van der Waals surface area contributed by atoms with Gasteiger partial charge in [-0.2, -0.15) is 0 Å². The van der Waals surface area contributed by atoms with Crippen molar-refractivity contribution in [1.29, 1.82) is 0 Å². The van der Waals surface area contributed by atoms with Crippen LogP contribution in [0.5, 0.6) is 0 Å². The van der Waals surface area contributed by atoms with E-state index in [1.165, 1.54) is 0 Å². The van der Waals surface area contributed by atoms with Crippen LogP contribution in [0.2, 0.25) is 0 Å². The molecule has 1 rings (SSSR count). The van der Waals surface area contributed by atoms with Crippen LogP contribution in [0.4, 0.5) is 11.5 Å². The summed E-state index contributed by atoms with van der Waals surface area (Å²) in [6, 6.07) is 3.51. The molecule has 4 N–H and O–H groups in total. The lowest BCUT2D eigenvalue weighted by atomic mass is 10.1. The van der Waals surface area contributed by atoms with E-state index in [-0.39, 0.29) is 0 Å². The molecule has 1 aromatic heterocycles. The van der Waals surface area contributed by atoms with Gasteiger partial charge in [0.15, 0.2) is 0 Å². The van der Waals surface area contributed by atoms with Crippen molar-refractivity contribution in [3.8, 4) is 0 Å². The molecule has 11 heavy (non-hydrogen) atoms. The average Bonchev–Trinajstić information content (AvgIpc) is 1.85. The molecule has 3 nitrogen and oxygen atoms in total. The Bertz CT molecular complexity index is 235. The first kappa shape index (κ1) is 7.85. The number of aromatic nitrogens is 1. The van der Waals surface area contributed by atoms with Crippen molar-refractivity contribution in [1.82, 2.24) is 4.98 Å². The summed E-state index contributed by atoms with van der Waals surface area (Å²) in [4.78, 5) is 4.13. The SMILES string of the molecule is CC(C)c1cc(N)cc(N)n1. The first-order valence-corrected chi connectivity index (χ1v) is 3.62. The third-order valence-electron chi connectivity index (χ3n) is 1.48. The fourth-order valence-electron chi connectivity index (χ4n) is 0.893. The second-order valence-corrected chi connectivity index (χ2v) is 2.90. The van der Waals surface area contributed by atoms with Gasteiger partial charge in [-0.1, -0.05) is 13.8 Å². The molecule has 0 atom stereocenters. The topological polar surface area (TPSA) is 64.9 Å². The number of nitrogens with zero attached hydrogens (tertiary/aromatic N) is 1. The monoisotopic (exact) mass is 151 g/mol. The van der Waals surface area contributed by atoms with Gasteiger partial charge < -0.3 is 11.5 Å². The lowest BCUT2D eigenvalue weighted by Gasteiger charge is -2.05. The molecule has 0 spiro atoms. The summed E-state index contributed by atoms with van der Waals surface area (Å²) < 4.78 is 0. The summed E-state index contributed by atoms with van der Waals surface area (Å²) in [6.45, 7) is 4.11. The molecule has 1 heterocycles. The van der Waals surface area contributed by atoms with Crippen LogP contribution in [0, 0.1) is 0 Å². The Morgan fingerprint density at radius 2 is 1.91 bits per heavy atom. The Balaban J connectivity index is 3.08. The van der Waals surface area contributed by atoms with Crippen molar-refractivity contribution in [2.45, 2.75) is 19.8 Å². The molecule has 0 aliphatic carbocycles. The first-order valence-electron chi connectivity index (χ1n) is 3.62. The number of pyridine rings is 1. The van der Waals surface area contributed by atoms with Crippen LogP contribution in [-0.4, -0.2) is 4.98 Å². The molecule has 1 aromatic rings. The van der Waals surface area contributed by atoms with E-state index in [9.17, 15) is 0 Å². The van der Waals surface area contributed by atoms with Gasteiger partial charge in [0.05, 0.1) is 0 Å². The van der Waals surface area contributed by atoms with E-state index in [4.69, 9.17) is 11.5 Å². The van der Waals surface area contributed by atoms with Crippen molar-refractivity contribution in [3.63, 3.8) is 0 Å². The van der Waals surface area contributed by atoms with Crippen LogP contribution in [0.25, 0.3) is 0 Å². The maximum atomic E-state index is 5.58. The number of nitrogen functional groups attached to an aromatic ring is 2. The second-order valence-electron chi connectivity index (χ2n) is 2.90. The van der Waals surface area contributed by atoms with E-state index in [2.05, 4.69) is 18.8 Å². The third kappa shape index (κ3) is 1.83. The summed E-state index contributed by atoms with van der Waals surface area (Å²) in [5.74, 6) is 0.870. The summed E-state index contributed by atoms with van der Waals surface area (Å²) >= 11 is 0. The Kier molecular flexibility index (Phi) is 1.98. The van der Waals surface area contributed by atoms with Gasteiger partial charge in [-0.3, -0.25) is 0 Å². The minimum atomic E-state index is 0.376. The quantitative estimate of drug-likeness (QED) is 0.637. The zero-order valence-electron chi connectivity index (χ0n) is 6.83. The minimum Gasteiger partial charge on any atom is -0.399 e. The Hall–Kier alpha value is -1.25. The summed E-state index contributed by atoms with van der Waals surface area (Å²) in [5, 5.41) is 0. The average molecular weight is 151 g/mol. The van der Waals surface area contributed by atoms with Crippen LogP contribution in [-0.2, 0) is 0 Å².